The van der Waals surface area contributed by atoms with Gasteiger partial charge < -0.3 is 5.32 Å². The van der Waals surface area contributed by atoms with Crippen molar-refractivity contribution in [3.05, 3.63) is 60.2 Å². The van der Waals surface area contributed by atoms with Gasteiger partial charge in [0.2, 0.25) is 15.9 Å². The zero-order valence-electron chi connectivity index (χ0n) is 18.8. The summed E-state index contributed by atoms with van der Waals surface area (Å²) in [5.74, 6) is 2.33. The molecule has 0 saturated carbocycles. The number of likely N-dealkylation sites (tertiary alicyclic amines) is 1. The van der Waals surface area contributed by atoms with Crippen molar-refractivity contribution < 1.29 is 13.2 Å². The fourth-order valence-electron chi connectivity index (χ4n) is 4.26. The maximum atomic E-state index is 12.6. The summed E-state index contributed by atoms with van der Waals surface area (Å²) in [6.45, 7) is 4.81. The Balaban J connectivity index is 1.22. The van der Waals surface area contributed by atoms with Crippen molar-refractivity contribution in [2.75, 3.05) is 49.5 Å². The lowest BCUT2D eigenvalue weighted by atomic mass is 10.1. The van der Waals surface area contributed by atoms with Crippen molar-refractivity contribution in [3.63, 3.8) is 0 Å². The third-order valence-electron chi connectivity index (χ3n) is 6.05. The molecule has 0 aliphatic carbocycles. The molecule has 1 amide bonds. The second-order valence-corrected chi connectivity index (χ2v) is 11.6. The van der Waals surface area contributed by atoms with Gasteiger partial charge in [0.1, 0.15) is 0 Å². The van der Waals surface area contributed by atoms with Crippen LogP contribution in [0.4, 0.5) is 5.69 Å². The number of amides is 1. The van der Waals surface area contributed by atoms with Crippen molar-refractivity contribution in [1.29, 1.82) is 0 Å². The number of piperidine rings is 1. The topological polar surface area (TPSA) is 81.8 Å². The van der Waals surface area contributed by atoms with Crippen molar-refractivity contribution >= 4 is 33.4 Å². The van der Waals surface area contributed by atoms with Crippen LogP contribution in [0.5, 0.6) is 0 Å². The summed E-state index contributed by atoms with van der Waals surface area (Å²) in [5.41, 5.74) is 2.04. The monoisotopic (exact) mass is 488 g/mol. The summed E-state index contributed by atoms with van der Waals surface area (Å²) in [5, 5.41) is 3.02. The average molecular weight is 489 g/mol. The predicted octanol–water partition coefficient (Wildman–Crippen LogP) is 2.62. The lowest BCUT2D eigenvalue weighted by molar-refractivity contribution is -0.117. The van der Waals surface area contributed by atoms with E-state index in [0.29, 0.717) is 32.5 Å². The number of carbonyl (C=O) groups is 1. The molecule has 0 spiro atoms. The Morgan fingerprint density at radius 1 is 0.939 bits per heavy atom. The first-order valence-electron chi connectivity index (χ1n) is 11.5. The van der Waals surface area contributed by atoms with Gasteiger partial charge in [-0.2, -0.15) is 11.8 Å². The van der Waals surface area contributed by atoms with Gasteiger partial charge >= 0.3 is 0 Å². The lowest BCUT2D eigenvalue weighted by Crippen LogP contribution is -2.46. The molecule has 4 rings (SSSR count). The van der Waals surface area contributed by atoms with E-state index in [0.717, 1.165) is 25.3 Å². The summed E-state index contributed by atoms with van der Waals surface area (Å²) in [6.07, 6.45) is 1.37. The van der Waals surface area contributed by atoms with Gasteiger partial charge in [0.15, 0.2) is 0 Å². The first-order chi connectivity index (χ1) is 16.0. The Morgan fingerprint density at radius 3 is 2.39 bits per heavy atom. The van der Waals surface area contributed by atoms with Crippen molar-refractivity contribution in [1.82, 2.24) is 14.5 Å². The molecule has 0 radical (unpaired) electrons. The minimum Gasteiger partial charge on any atom is -0.325 e. The van der Waals surface area contributed by atoms with Gasteiger partial charge in [0.05, 0.1) is 11.4 Å². The van der Waals surface area contributed by atoms with E-state index in [9.17, 15) is 13.2 Å². The predicted molar refractivity (Wildman–Crippen MR) is 134 cm³/mol. The van der Waals surface area contributed by atoms with E-state index in [1.54, 1.807) is 30.3 Å². The van der Waals surface area contributed by atoms with Gasteiger partial charge in [-0.15, -0.1) is 0 Å². The van der Waals surface area contributed by atoms with Crippen LogP contribution in [0.3, 0.4) is 0 Å². The second-order valence-electron chi connectivity index (χ2n) is 8.62. The number of nitrogens with one attached hydrogen (secondary N) is 2. The summed E-state index contributed by atoms with van der Waals surface area (Å²) in [4.78, 5) is 17.4. The van der Waals surface area contributed by atoms with Crippen LogP contribution in [0.15, 0.2) is 59.5 Å². The number of carbonyl (C=O) groups excluding carboxylic acids is 1. The van der Waals surface area contributed by atoms with Crippen LogP contribution in [0, 0.1) is 0 Å². The lowest BCUT2D eigenvalue weighted by Gasteiger charge is -2.31. The highest BCUT2D eigenvalue weighted by molar-refractivity contribution is 7.99. The van der Waals surface area contributed by atoms with Gasteiger partial charge in [-0.3, -0.25) is 14.6 Å². The van der Waals surface area contributed by atoms with Crippen LogP contribution < -0.4 is 10.0 Å². The van der Waals surface area contributed by atoms with Gasteiger partial charge in [-0.25, -0.2) is 13.1 Å². The molecule has 2 heterocycles. The molecule has 2 fully saturated rings. The number of sulfonamides is 1. The number of nitrogens with zero attached hydrogens (tertiary/aromatic N) is 2. The van der Waals surface area contributed by atoms with Gasteiger partial charge in [-0.05, 0) is 42.7 Å². The number of benzene rings is 2. The molecule has 33 heavy (non-hydrogen) atoms. The Kier molecular flexibility index (Phi) is 8.43. The smallest absolute Gasteiger partial charge is 0.240 e. The fourth-order valence-corrected chi connectivity index (χ4v) is 6.57. The fraction of sp³-hybridized carbons (Fsp3) is 0.458. The molecule has 0 aromatic heterocycles. The van der Waals surface area contributed by atoms with Crippen LogP contribution in [0.2, 0.25) is 0 Å². The molecular formula is C24H32N4O3S2. The molecule has 2 saturated heterocycles. The highest BCUT2D eigenvalue weighted by atomic mass is 32.2. The molecule has 2 aliphatic rings. The van der Waals surface area contributed by atoms with E-state index in [-0.39, 0.29) is 16.8 Å². The molecule has 9 heteroatoms. The maximum absolute atomic E-state index is 12.6. The number of hydrogen-bond donors (Lipinski definition) is 2. The largest absolute Gasteiger partial charge is 0.325 e. The number of rotatable bonds is 8. The summed E-state index contributed by atoms with van der Waals surface area (Å²) < 4.78 is 27.9. The normalized spacial score (nSPS) is 18.8. The highest BCUT2D eigenvalue weighted by Gasteiger charge is 2.25. The third kappa shape index (κ3) is 7.28. The molecule has 2 aliphatic heterocycles. The molecule has 2 aromatic rings. The first-order valence-corrected chi connectivity index (χ1v) is 14.1. The molecule has 0 unspecified atom stereocenters. The molecule has 7 nitrogen and oxygen atoms in total. The molecule has 2 N–H and O–H groups in total. The van der Waals surface area contributed by atoms with Crippen molar-refractivity contribution in [2.45, 2.75) is 30.3 Å². The highest BCUT2D eigenvalue weighted by Crippen LogP contribution is 2.17. The van der Waals surface area contributed by atoms with Crippen LogP contribution in [0.25, 0.3) is 0 Å². The average Bonchev–Trinajstić information content (AvgIpc) is 2.82. The van der Waals surface area contributed by atoms with Gasteiger partial charge in [0.25, 0.3) is 0 Å². The van der Waals surface area contributed by atoms with E-state index in [2.05, 4.69) is 32.0 Å². The molecular weight excluding hydrogens is 456 g/mol. The summed E-state index contributed by atoms with van der Waals surface area (Å²) >= 11 is 2.00. The summed E-state index contributed by atoms with van der Waals surface area (Å²) in [7, 11) is -3.51. The van der Waals surface area contributed by atoms with E-state index < -0.39 is 10.0 Å². The van der Waals surface area contributed by atoms with E-state index in [1.807, 2.05) is 23.9 Å². The maximum Gasteiger partial charge on any atom is 0.240 e. The standard InChI is InChI=1S/C24H32N4O3S2/c29-24(25-22-6-4-5-20(17-22)18-28-13-15-32-16-14-28)19-27-11-9-21(10-12-27)26-33(30,31)23-7-2-1-3-8-23/h1-8,17,21,26H,9-16,18-19H2,(H,25,29). The van der Waals surface area contributed by atoms with Crippen molar-refractivity contribution in [3.8, 4) is 0 Å². The van der Waals surface area contributed by atoms with E-state index in [1.165, 1.54) is 17.1 Å². The Labute approximate surface area is 201 Å². The van der Waals surface area contributed by atoms with Crippen LogP contribution in [0.1, 0.15) is 18.4 Å². The number of anilines is 1. The zero-order chi connectivity index (χ0) is 23.1. The molecule has 0 atom stereocenters. The van der Waals surface area contributed by atoms with E-state index >= 15 is 0 Å². The number of thioether (sulfide) groups is 1. The molecule has 0 bridgehead atoms. The van der Waals surface area contributed by atoms with Gasteiger partial charge in [-0.1, -0.05) is 30.3 Å². The number of hydrogen-bond acceptors (Lipinski definition) is 6. The van der Waals surface area contributed by atoms with Crippen LogP contribution in [-0.4, -0.2) is 74.4 Å². The van der Waals surface area contributed by atoms with Crippen LogP contribution in [-0.2, 0) is 21.4 Å². The SMILES string of the molecule is O=C(CN1CCC(NS(=O)(=O)c2ccccc2)CC1)Nc1cccc(CN2CCSCC2)c1. The van der Waals surface area contributed by atoms with Crippen LogP contribution >= 0.6 is 11.8 Å². The third-order valence-corrected chi connectivity index (χ3v) is 8.53. The quantitative estimate of drug-likeness (QED) is 0.595. The summed E-state index contributed by atoms with van der Waals surface area (Å²) in [6, 6.07) is 16.4. The van der Waals surface area contributed by atoms with E-state index in [4.69, 9.17) is 0 Å². The zero-order valence-corrected chi connectivity index (χ0v) is 20.4. The minimum atomic E-state index is -3.51. The Morgan fingerprint density at radius 2 is 1.67 bits per heavy atom. The first kappa shape index (κ1) is 24.2. The van der Waals surface area contributed by atoms with Gasteiger partial charge in [0, 0.05) is 56.0 Å². The second kappa shape index (κ2) is 11.5. The van der Waals surface area contributed by atoms with Crippen molar-refractivity contribution in [2.24, 2.45) is 0 Å². The minimum absolute atomic E-state index is 0.0372. The Hall–Kier alpha value is -1.91. The molecule has 2 aromatic carbocycles. The Bertz CT molecular complexity index is 1020. The molecule has 178 valence electrons.